The lowest BCUT2D eigenvalue weighted by atomic mass is 10.2. The van der Waals surface area contributed by atoms with E-state index in [0.717, 1.165) is 37.8 Å². The maximum atomic E-state index is 5.70. The molecule has 0 bridgehead atoms. The standard InChI is InChI=1S/C19H34N4O/c1-16(2)23(5)14-7-6-12-21-19(20-4)22-13-15-24-18-10-8-17(3)9-11-18/h8-11,16H,6-7,12-15H2,1-5H3,(H2,20,21,22). The fraction of sp³-hybridized carbons (Fsp3) is 0.632. The van der Waals surface area contributed by atoms with Gasteiger partial charge in [0.05, 0.1) is 6.54 Å². The lowest BCUT2D eigenvalue weighted by molar-refractivity contribution is 0.268. The Morgan fingerprint density at radius 2 is 1.79 bits per heavy atom. The summed E-state index contributed by atoms with van der Waals surface area (Å²) in [5.74, 6) is 1.74. The van der Waals surface area contributed by atoms with Crippen LogP contribution in [0.4, 0.5) is 0 Å². The fourth-order valence-corrected chi connectivity index (χ4v) is 2.14. The van der Waals surface area contributed by atoms with Crippen molar-refractivity contribution in [3.8, 4) is 5.75 Å². The molecule has 5 heteroatoms. The van der Waals surface area contributed by atoms with E-state index in [-0.39, 0.29) is 0 Å². The number of guanidine groups is 1. The van der Waals surface area contributed by atoms with Crippen molar-refractivity contribution in [2.24, 2.45) is 4.99 Å². The summed E-state index contributed by atoms with van der Waals surface area (Å²) in [6.45, 7) is 9.93. The topological polar surface area (TPSA) is 48.9 Å². The third kappa shape index (κ3) is 8.77. The number of nitrogens with one attached hydrogen (secondary N) is 2. The molecular formula is C19H34N4O. The monoisotopic (exact) mass is 334 g/mol. The predicted octanol–water partition coefficient (Wildman–Crippen LogP) is 2.66. The summed E-state index contributed by atoms with van der Waals surface area (Å²) in [4.78, 5) is 6.60. The summed E-state index contributed by atoms with van der Waals surface area (Å²) >= 11 is 0. The van der Waals surface area contributed by atoms with Gasteiger partial charge in [0, 0.05) is 19.6 Å². The van der Waals surface area contributed by atoms with Crippen molar-refractivity contribution in [3.05, 3.63) is 29.8 Å². The first kappa shape index (κ1) is 20.3. The van der Waals surface area contributed by atoms with Gasteiger partial charge in [0.25, 0.3) is 0 Å². The normalized spacial score (nSPS) is 11.9. The molecule has 1 aromatic rings. The van der Waals surface area contributed by atoms with Gasteiger partial charge in [-0.1, -0.05) is 17.7 Å². The second-order valence-corrected chi connectivity index (χ2v) is 6.37. The number of aliphatic imine (C=N–C) groups is 1. The van der Waals surface area contributed by atoms with E-state index in [9.17, 15) is 0 Å². The van der Waals surface area contributed by atoms with E-state index >= 15 is 0 Å². The second-order valence-electron chi connectivity index (χ2n) is 6.37. The van der Waals surface area contributed by atoms with Crippen molar-refractivity contribution in [1.82, 2.24) is 15.5 Å². The van der Waals surface area contributed by atoms with Crippen molar-refractivity contribution in [1.29, 1.82) is 0 Å². The number of unbranched alkanes of at least 4 members (excludes halogenated alkanes) is 1. The van der Waals surface area contributed by atoms with E-state index in [1.54, 1.807) is 7.05 Å². The van der Waals surface area contributed by atoms with Gasteiger partial charge in [-0.2, -0.15) is 0 Å². The first-order valence-electron chi connectivity index (χ1n) is 8.87. The molecule has 2 N–H and O–H groups in total. The first-order chi connectivity index (χ1) is 11.5. The van der Waals surface area contributed by atoms with Gasteiger partial charge in [0.2, 0.25) is 0 Å². The maximum Gasteiger partial charge on any atom is 0.191 e. The van der Waals surface area contributed by atoms with Gasteiger partial charge >= 0.3 is 0 Å². The zero-order chi connectivity index (χ0) is 17.8. The SMILES string of the molecule is CN=C(NCCCCN(C)C(C)C)NCCOc1ccc(C)cc1. The van der Waals surface area contributed by atoms with Crippen LogP contribution in [0.3, 0.4) is 0 Å². The Bertz CT molecular complexity index is 471. The van der Waals surface area contributed by atoms with E-state index < -0.39 is 0 Å². The van der Waals surface area contributed by atoms with Crippen molar-refractivity contribution in [2.75, 3.05) is 40.3 Å². The molecule has 5 nitrogen and oxygen atoms in total. The Hall–Kier alpha value is -1.75. The van der Waals surface area contributed by atoms with Crippen molar-refractivity contribution < 1.29 is 4.74 Å². The third-order valence-electron chi connectivity index (χ3n) is 4.02. The van der Waals surface area contributed by atoms with Gasteiger partial charge in [0.15, 0.2) is 5.96 Å². The van der Waals surface area contributed by atoms with Crippen molar-refractivity contribution in [2.45, 2.75) is 39.7 Å². The summed E-state index contributed by atoms with van der Waals surface area (Å²) in [6, 6.07) is 8.72. The summed E-state index contributed by atoms with van der Waals surface area (Å²) < 4.78 is 5.70. The Balaban J connectivity index is 2.09. The van der Waals surface area contributed by atoms with Crippen LogP contribution < -0.4 is 15.4 Å². The molecule has 0 spiro atoms. The average molecular weight is 335 g/mol. The van der Waals surface area contributed by atoms with E-state index in [4.69, 9.17) is 4.74 Å². The minimum absolute atomic E-state index is 0.612. The zero-order valence-corrected chi connectivity index (χ0v) is 15.9. The fourth-order valence-electron chi connectivity index (χ4n) is 2.14. The van der Waals surface area contributed by atoms with Crippen molar-refractivity contribution in [3.63, 3.8) is 0 Å². The summed E-state index contributed by atoms with van der Waals surface area (Å²) in [5.41, 5.74) is 1.24. The smallest absolute Gasteiger partial charge is 0.191 e. The van der Waals surface area contributed by atoms with Gasteiger partial charge in [-0.15, -0.1) is 0 Å². The van der Waals surface area contributed by atoms with Crippen LogP contribution >= 0.6 is 0 Å². The largest absolute Gasteiger partial charge is 0.492 e. The minimum Gasteiger partial charge on any atom is -0.492 e. The van der Waals surface area contributed by atoms with E-state index in [1.807, 2.05) is 12.1 Å². The summed E-state index contributed by atoms with van der Waals surface area (Å²) in [7, 11) is 3.97. The van der Waals surface area contributed by atoms with Crippen LogP contribution in [0.5, 0.6) is 5.75 Å². The molecule has 0 aromatic heterocycles. The molecule has 0 aliphatic heterocycles. The summed E-state index contributed by atoms with van der Waals surface area (Å²) in [6.07, 6.45) is 2.33. The Morgan fingerprint density at radius 1 is 1.12 bits per heavy atom. The quantitative estimate of drug-likeness (QED) is 0.392. The van der Waals surface area contributed by atoms with E-state index in [1.165, 1.54) is 12.0 Å². The molecule has 0 amide bonds. The van der Waals surface area contributed by atoms with Crippen LogP contribution in [0, 0.1) is 6.92 Å². The van der Waals surface area contributed by atoms with Crippen LogP contribution in [0.15, 0.2) is 29.3 Å². The van der Waals surface area contributed by atoms with Gasteiger partial charge < -0.3 is 20.3 Å². The van der Waals surface area contributed by atoms with Gasteiger partial charge in [0.1, 0.15) is 12.4 Å². The highest BCUT2D eigenvalue weighted by molar-refractivity contribution is 5.79. The molecule has 0 aliphatic carbocycles. The lowest BCUT2D eigenvalue weighted by Gasteiger charge is -2.20. The molecule has 0 unspecified atom stereocenters. The van der Waals surface area contributed by atoms with Gasteiger partial charge in [-0.3, -0.25) is 4.99 Å². The molecule has 0 saturated carbocycles. The molecule has 0 saturated heterocycles. The minimum atomic E-state index is 0.612. The first-order valence-corrected chi connectivity index (χ1v) is 8.87. The number of benzene rings is 1. The van der Waals surface area contributed by atoms with Gasteiger partial charge in [-0.05, 0) is 59.3 Å². The van der Waals surface area contributed by atoms with Crippen LogP contribution in [0.25, 0.3) is 0 Å². The molecule has 24 heavy (non-hydrogen) atoms. The Kier molecular flexibility index (Phi) is 9.92. The number of hydrogen-bond acceptors (Lipinski definition) is 3. The van der Waals surface area contributed by atoms with Crippen molar-refractivity contribution >= 4 is 5.96 Å². The van der Waals surface area contributed by atoms with E-state index in [0.29, 0.717) is 12.6 Å². The Labute approximate surface area is 147 Å². The number of rotatable bonds is 10. The average Bonchev–Trinajstić information content (AvgIpc) is 2.57. The molecule has 0 heterocycles. The predicted molar refractivity (Wildman–Crippen MR) is 103 cm³/mol. The molecule has 0 radical (unpaired) electrons. The number of hydrogen-bond donors (Lipinski definition) is 2. The lowest BCUT2D eigenvalue weighted by Crippen LogP contribution is -2.39. The second kappa shape index (κ2) is 11.7. The molecule has 136 valence electrons. The van der Waals surface area contributed by atoms with Crippen LogP contribution in [0.1, 0.15) is 32.3 Å². The number of ether oxygens (including phenoxy) is 1. The third-order valence-corrected chi connectivity index (χ3v) is 4.02. The van der Waals surface area contributed by atoms with Crippen LogP contribution in [-0.2, 0) is 0 Å². The molecule has 0 fully saturated rings. The number of nitrogens with zero attached hydrogens (tertiary/aromatic N) is 2. The molecule has 0 atom stereocenters. The van der Waals surface area contributed by atoms with E-state index in [2.05, 4.69) is 60.5 Å². The molecule has 1 aromatic carbocycles. The molecule has 1 rings (SSSR count). The van der Waals surface area contributed by atoms with Crippen LogP contribution in [-0.4, -0.2) is 57.2 Å². The summed E-state index contributed by atoms with van der Waals surface area (Å²) in [5, 5.41) is 6.62. The highest BCUT2D eigenvalue weighted by Crippen LogP contribution is 2.10. The molecule has 0 aliphatic rings. The zero-order valence-electron chi connectivity index (χ0n) is 15.9. The van der Waals surface area contributed by atoms with Crippen LogP contribution in [0.2, 0.25) is 0 Å². The number of aryl methyl sites for hydroxylation is 1. The Morgan fingerprint density at radius 3 is 2.42 bits per heavy atom. The highest BCUT2D eigenvalue weighted by Gasteiger charge is 2.02. The highest BCUT2D eigenvalue weighted by atomic mass is 16.5. The maximum absolute atomic E-state index is 5.70. The van der Waals surface area contributed by atoms with Gasteiger partial charge in [-0.25, -0.2) is 0 Å². The molecular weight excluding hydrogens is 300 g/mol.